The first-order valence-corrected chi connectivity index (χ1v) is 33.6. The van der Waals surface area contributed by atoms with Gasteiger partial charge in [0.15, 0.2) is 23.1 Å². The van der Waals surface area contributed by atoms with E-state index >= 15 is 0 Å². The van der Waals surface area contributed by atoms with Crippen LogP contribution < -0.4 is 5.73 Å². The van der Waals surface area contributed by atoms with Crippen LogP contribution in [0.5, 0.6) is 0 Å². The highest BCUT2D eigenvalue weighted by Gasteiger charge is 2.70. The Bertz CT molecular complexity index is 2540. The molecule has 0 bridgehead atoms. The first kappa shape index (κ1) is 73.4. The van der Waals surface area contributed by atoms with E-state index in [9.17, 15) is 52.7 Å². The highest BCUT2D eigenvalue weighted by atomic mass is 16.3. The molecule has 492 valence electrons. The van der Waals surface area contributed by atoms with Gasteiger partial charge in [-0.3, -0.25) is 62.4 Å². The van der Waals surface area contributed by atoms with Gasteiger partial charge in [0.2, 0.25) is 35.2 Å². The number of ketones is 7. The molecule has 0 unspecified atom stereocenters. The zero-order valence-electron chi connectivity index (χ0n) is 55.2. The Morgan fingerprint density at radius 2 is 0.977 bits per heavy atom. The molecule has 5 saturated heterocycles. The Morgan fingerprint density at radius 3 is 1.38 bits per heavy atom. The van der Waals surface area contributed by atoms with Crippen LogP contribution in [0.1, 0.15) is 242 Å². The molecule has 5 heterocycles. The first-order chi connectivity index (χ1) is 41.4. The number of allylic oxidation sites excluding steroid dienone is 2. The Morgan fingerprint density at radius 1 is 0.602 bits per heavy atom. The number of nitrogens with two attached hydrogens (primary N) is 1. The van der Waals surface area contributed by atoms with E-state index in [1.54, 1.807) is 22.0 Å². The smallest absolute Gasteiger partial charge is 0.290 e. The minimum absolute atomic E-state index is 0.0127. The number of hydrogen-bond acceptors (Lipinski definition) is 13. The quantitative estimate of drug-likeness (QED) is 0.0630. The van der Waals surface area contributed by atoms with Gasteiger partial charge in [0, 0.05) is 88.8 Å². The second kappa shape index (κ2) is 32.6. The van der Waals surface area contributed by atoms with E-state index < -0.39 is 59.0 Å². The average molecular weight is 1230 g/mol. The third kappa shape index (κ3) is 19.4. The number of piperidine rings is 3. The predicted molar refractivity (Wildman–Crippen MR) is 338 cm³/mol. The molecule has 7 rings (SSSR count). The van der Waals surface area contributed by atoms with Crippen LogP contribution in [0.2, 0.25) is 0 Å². The lowest BCUT2D eigenvalue weighted by atomic mass is 9.75. The van der Waals surface area contributed by atoms with Crippen molar-refractivity contribution in [2.75, 3.05) is 19.6 Å². The third-order valence-electron chi connectivity index (χ3n) is 21.3. The molecule has 17 nitrogen and oxygen atoms in total. The number of nitrogens with zero attached hydrogens (tertiary/aromatic N) is 3. The summed E-state index contributed by atoms with van der Waals surface area (Å²) < 4.78 is 0. The SMILES string of the molecule is C=CCCC(=O)C(=O)[C@@H]1CCCCCCCCC[C@H](CC(=O)C[C@H](CN2C(=O)CC(C)(C)CC2=O)C(C)(C)C)C(=O)N2C[C@H]3[C@@H]([C@H]2C(=O)C1)C3(C)C.C=CCCC(=O)C(=O)[C@@H]1CCCCCCCCC[C@H](N)C(=O)N2C[C@H]3[C@@H]([C@H]2C(=O)C1)C3(C)C.O=CO. The van der Waals surface area contributed by atoms with Crippen LogP contribution in [0, 0.1) is 69.0 Å². The van der Waals surface area contributed by atoms with E-state index in [1.165, 1.54) is 4.90 Å². The van der Waals surface area contributed by atoms with Crippen molar-refractivity contribution in [1.82, 2.24) is 14.7 Å². The van der Waals surface area contributed by atoms with E-state index in [0.29, 0.717) is 57.5 Å². The summed E-state index contributed by atoms with van der Waals surface area (Å²) in [6, 6.07) is -1.76. The molecule has 2 aliphatic carbocycles. The van der Waals surface area contributed by atoms with Crippen molar-refractivity contribution in [3.8, 4) is 0 Å². The molecule has 3 N–H and O–H groups in total. The molecule has 17 heteroatoms. The highest BCUT2D eigenvalue weighted by Crippen LogP contribution is 2.66. The minimum atomic E-state index is -0.688. The number of fused-ring (bicyclic) bond motifs is 6. The van der Waals surface area contributed by atoms with Gasteiger partial charge in [0.1, 0.15) is 5.78 Å². The summed E-state index contributed by atoms with van der Waals surface area (Å²) in [5.74, 6) is -4.31. The Hall–Kier alpha value is -5.32. The van der Waals surface area contributed by atoms with Gasteiger partial charge < -0.3 is 20.6 Å². The topological polar surface area (TPSA) is 261 Å². The molecular formula is C71H110N4O13. The monoisotopic (exact) mass is 1230 g/mol. The van der Waals surface area contributed by atoms with E-state index in [1.807, 2.05) is 34.6 Å². The van der Waals surface area contributed by atoms with Crippen LogP contribution >= 0.6 is 0 Å². The van der Waals surface area contributed by atoms with Crippen LogP contribution in [0.4, 0.5) is 0 Å². The fraction of sp³-hybridized carbons (Fsp3) is 0.775. The number of likely N-dealkylation sites (tertiary alicyclic amines) is 1. The van der Waals surface area contributed by atoms with Crippen LogP contribution in [0.25, 0.3) is 0 Å². The number of imide groups is 1. The van der Waals surface area contributed by atoms with Crippen LogP contribution in [0.3, 0.4) is 0 Å². The van der Waals surface area contributed by atoms with Crippen molar-refractivity contribution in [3.63, 3.8) is 0 Å². The van der Waals surface area contributed by atoms with E-state index in [4.69, 9.17) is 15.6 Å². The largest absolute Gasteiger partial charge is 0.483 e. The van der Waals surface area contributed by atoms with Gasteiger partial charge in [-0.05, 0) is 89.8 Å². The van der Waals surface area contributed by atoms with Crippen molar-refractivity contribution in [2.45, 2.75) is 260 Å². The number of carboxylic acid groups (broad SMARTS) is 1. The molecule has 0 aromatic rings. The number of hydrogen-bond donors (Lipinski definition) is 2. The average Bonchev–Trinajstić information content (AvgIpc) is 1.55. The first-order valence-electron chi connectivity index (χ1n) is 33.6. The lowest BCUT2D eigenvalue weighted by molar-refractivity contribution is -0.154. The molecule has 4 amide bonds. The summed E-state index contributed by atoms with van der Waals surface area (Å²) in [6.07, 6.45) is 21.0. The van der Waals surface area contributed by atoms with Gasteiger partial charge >= 0.3 is 0 Å². The van der Waals surface area contributed by atoms with Gasteiger partial charge in [-0.2, -0.15) is 0 Å². The van der Waals surface area contributed by atoms with E-state index in [2.05, 4.69) is 40.9 Å². The summed E-state index contributed by atoms with van der Waals surface area (Å²) >= 11 is 0. The highest BCUT2D eigenvalue weighted by molar-refractivity contribution is 6.38. The van der Waals surface area contributed by atoms with Gasteiger partial charge in [0.05, 0.1) is 18.1 Å². The molecule has 0 spiro atoms. The van der Waals surface area contributed by atoms with Gasteiger partial charge in [-0.1, -0.05) is 164 Å². The second-order valence-electron chi connectivity index (χ2n) is 30.2. The molecule has 0 aromatic carbocycles. The summed E-state index contributed by atoms with van der Waals surface area (Å²) in [6.45, 7) is 26.7. The number of carbonyl (C=O) groups excluding carboxylic acids is 11. The third-order valence-corrected chi connectivity index (χ3v) is 21.3. The fourth-order valence-corrected chi connectivity index (χ4v) is 15.4. The lowest BCUT2D eigenvalue weighted by Crippen LogP contribution is -2.52. The molecule has 7 fully saturated rings. The molecule has 0 aromatic heterocycles. The van der Waals surface area contributed by atoms with Crippen LogP contribution in [-0.4, -0.2) is 128 Å². The Labute approximate surface area is 525 Å². The number of rotatable bonds is 16. The Balaban J connectivity index is 0.000000335. The normalized spacial score (nSPS) is 29.9. The number of Topliss-reactive ketones (excluding diaryl/α,β-unsaturated/α-hetero) is 7. The molecule has 5 aliphatic heterocycles. The van der Waals surface area contributed by atoms with Crippen LogP contribution in [0.15, 0.2) is 25.3 Å². The second-order valence-corrected chi connectivity index (χ2v) is 30.2. The zero-order chi connectivity index (χ0) is 65.5. The van der Waals surface area contributed by atoms with Crippen LogP contribution in [-0.2, 0) is 57.5 Å². The molecule has 11 atom stereocenters. The standard InChI is InChI=1S/C43H66N2O7.C27H42N2O4.CH2O2/c1-9-10-20-33(47)39(51)28-18-16-14-12-11-13-15-17-19-29(40(52)45-27-32-37(43(32,7)8)38(45)34(48)22-28)21-31(46)23-30(41(2,3)4)26-44-35(49)24-42(5,6)25-36(44)50;1-4-5-15-21(30)25(32)18-13-11-9-7-6-8-10-12-14-20(28)26(33)29-17-19-23(27(19,2)3)24(29)22(31)16-18;2-1-3/h9,28-30,32,37-38H,1,10-27H2,2-8H3;4,18-20,23-24H,1,5-17,28H2,2-3H3;1H,(H,2,3)/t28-,29-,30-,32+,37+,38-;18-,19+,20+,23+,24-;/m11./s1. The molecule has 7 aliphatic rings. The van der Waals surface area contributed by atoms with Crippen molar-refractivity contribution in [3.05, 3.63) is 25.3 Å². The molecule has 88 heavy (non-hydrogen) atoms. The zero-order valence-corrected chi connectivity index (χ0v) is 55.2. The fourth-order valence-electron chi connectivity index (χ4n) is 15.4. The maximum absolute atomic E-state index is 14.6. The molecular weight excluding hydrogens is 1120 g/mol. The maximum Gasteiger partial charge on any atom is 0.290 e. The number of carbonyl (C=O) groups is 12. The predicted octanol–water partition coefficient (Wildman–Crippen LogP) is 11.2. The van der Waals surface area contributed by atoms with Crippen molar-refractivity contribution in [2.24, 2.45) is 74.7 Å². The Kier molecular flexibility index (Phi) is 27.2. The van der Waals surface area contributed by atoms with E-state index in [0.717, 1.165) is 89.9 Å². The summed E-state index contributed by atoms with van der Waals surface area (Å²) in [4.78, 5) is 161. The van der Waals surface area contributed by atoms with Gasteiger partial charge in [-0.25, -0.2) is 0 Å². The molecule has 2 saturated carbocycles. The maximum atomic E-state index is 14.6. The van der Waals surface area contributed by atoms with Crippen molar-refractivity contribution >= 4 is 70.6 Å². The molecule has 0 radical (unpaired) electrons. The van der Waals surface area contributed by atoms with Crippen molar-refractivity contribution in [1.29, 1.82) is 0 Å². The summed E-state index contributed by atoms with van der Waals surface area (Å²) in [5, 5.41) is 6.89. The lowest BCUT2D eigenvalue weighted by Gasteiger charge is -2.39. The summed E-state index contributed by atoms with van der Waals surface area (Å²) in [5.41, 5.74) is 5.42. The summed E-state index contributed by atoms with van der Waals surface area (Å²) in [7, 11) is 0. The van der Waals surface area contributed by atoms with E-state index in [-0.39, 0.29) is 151 Å². The number of amides is 4. The van der Waals surface area contributed by atoms with Crippen molar-refractivity contribution < 1.29 is 62.6 Å². The minimum Gasteiger partial charge on any atom is -0.483 e. The van der Waals surface area contributed by atoms with Gasteiger partial charge in [-0.15, -0.1) is 13.2 Å². The van der Waals surface area contributed by atoms with Gasteiger partial charge in [0.25, 0.3) is 6.47 Å².